The van der Waals surface area contributed by atoms with E-state index in [1.165, 1.54) is 0 Å². The van der Waals surface area contributed by atoms with E-state index in [9.17, 15) is 4.79 Å². The van der Waals surface area contributed by atoms with Gasteiger partial charge in [0.25, 0.3) is 5.91 Å². The Kier molecular flexibility index (Phi) is 9.58. The number of carbonyl (C=O) groups excluding carboxylic acids is 1. The Hall–Kier alpha value is 0.300. The number of halogens is 3. The molecule has 0 aromatic carbocycles. The van der Waals surface area contributed by atoms with E-state index in [0.29, 0.717) is 11.2 Å². The molecule has 1 amide bonds. The van der Waals surface area contributed by atoms with Crippen molar-refractivity contribution < 1.29 is 9.63 Å². The molecular formula is C4H8Cl3NO2. The summed E-state index contributed by atoms with van der Waals surface area (Å²) in [6.45, 7) is 2.07. The Labute approximate surface area is 75.7 Å². The lowest BCUT2D eigenvalue weighted by atomic mass is 10.8. The first-order valence-electron chi connectivity index (χ1n) is 2.40. The molecule has 0 atom stereocenters. The van der Waals surface area contributed by atoms with Gasteiger partial charge < -0.3 is 0 Å². The molecule has 0 aromatic rings. The van der Waals surface area contributed by atoms with E-state index in [2.05, 4.69) is 4.84 Å². The summed E-state index contributed by atoms with van der Waals surface area (Å²) >= 11 is 10.3. The number of hydroxylamine groups is 1. The molecule has 10 heavy (non-hydrogen) atoms. The SMILES string of the molecule is CCON(Cl)C(=O)CCl.Cl. The first kappa shape index (κ1) is 12.9. The van der Waals surface area contributed by atoms with Crippen LogP contribution in [0.25, 0.3) is 0 Å². The Balaban J connectivity index is 0. The zero-order chi connectivity index (χ0) is 7.28. The zero-order valence-electron chi connectivity index (χ0n) is 5.34. The molecule has 0 radical (unpaired) electrons. The molecule has 0 rings (SSSR count). The molecule has 62 valence electrons. The summed E-state index contributed by atoms with van der Waals surface area (Å²) in [6, 6.07) is 0. The Morgan fingerprint density at radius 1 is 1.70 bits per heavy atom. The molecule has 0 unspecified atom stereocenters. The van der Waals surface area contributed by atoms with E-state index >= 15 is 0 Å². The van der Waals surface area contributed by atoms with E-state index in [4.69, 9.17) is 23.4 Å². The molecule has 0 aliphatic carbocycles. The van der Waals surface area contributed by atoms with Gasteiger partial charge in [-0.05, 0) is 6.92 Å². The fourth-order valence-electron chi connectivity index (χ4n) is 0.232. The topological polar surface area (TPSA) is 29.5 Å². The van der Waals surface area contributed by atoms with Crippen molar-refractivity contribution >= 4 is 41.7 Å². The molecule has 0 aliphatic heterocycles. The number of hydrogen-bond donors (Lipinski definition) is 0. The highest BCUT2D eigenvalue weighted by molar-refractivity contribution is 6.31. The summed E-state index contributed by atoms with van der Waals surface area (Å²) in [5, 5.41) is 0. The van der Waals surface area contributed by atoms with Gasteiger partial charge in [-0.15, -0.1) is 28.6 Å². The van der Waals surface area contributed by atoms with E-state index in [0.717, 1.165) is 0 Å². The molecule has 0 saturated carbocycles. The standard InChI is InChI=1S/C4H7Cl2NO2.ClH/c1-2-9-7(6)4(8)3-5;/h2-3H2,1H3;1H. The van der Waals surface area contributed by atoms with Crippen molar-refractivity contribution in [2.45, 2.75) is 6.92 Å². The van der Waals surface area contributed by atoms with Crippen LogP contribution in [-0.4, -0.2) is 23.0 Å². The summed E-state index contributed by atoms with van der Waals surface area (Å²) in [5.74, 6) is -0.621. The molecule has 6 heteroatoms. The highest BCUT2D eigenvalue weighted by Gasteiger charge is 2.07. The largest absolute Gasteiger partial charge is 0.276 e. The smallest absolute Gasteiger partial charge is 0.270 e. The number of alkyl halides is 1. The maximum absolute atomic E-state index is 10.4. The van der Waals surface area contributed by atoms with Gasteiger partial charge in [0.05, 0.1) is 6.61 Å². The first-order chi connectivity index (χ1) is 4.22. The van der Waals surface area contributed by atoms with Crippen LogP contribution in [0.5, 0.6) is 0 Å². The van der Waals surface area contributed by atoms with Crippen LogP contribution in [0.15, 0.2) is 0 Å². The number of rotatable bonds is 3. The minimum atomic E-state index is -0.458. The minimum Gasteiger partial charge on any atom is -0.270 e. The summed E-state index contributed by atoms with van der Waals surface area (Å²) in [6.07, 6.45) is 0. The van der Waals surface area contributed by atoms with Crippen LogP contribution in [-0.2, 0) is 9.63 Å². The molecule has 0 bridgehead atoms. The first-order valence-corrected chi connectivity index (χ1v) is 3.27. The van der Waals surface area contributed by atoms with Gasteiger partial charge in [-0.2, -0.15) is 0 Å². The maximum Gasteiger partial charge on any atom is 0.276 e. The van der Waals surface area contributed by atoms with Crippen molar-refractivity contribution in [1.29, 1.82) is 0 Å². The van der Waals surface area contributed by atoms with Crippen molar-refractivity contribution in [3.8, 4) is 0 Å². The predicted octanol–water partition coefficient (Wildman–Crippen LogP) is 1.58. The van der Waals surface area contributed by atoms with Gasteiger partial charge in [0, 0.05) is 11.8 Å². The molecule has 0 fully saturated rings. The van der Waals surface area contributed by atoms with Crippen LogP contribution in [0.3, 0.4) is 0 Å². The Morgan fingerprint density at radius 3 is 2.50 bits per heavy atom. The summed E-state index contributed by atoms with van der Waals surface area (Å²) in [4.78, 5) is 15.0. The van der Waals surface area contributed by atoms with Crippen LogP contribution in [0, 0.1) is 0 Å². The zero-order valence-corrected chi connectivity index (χ0v) is 7.67. The molecule has 3 nitrogen and oxygen atoms in total. The van der Waals surface area contributed by atoms with Gasteiger partial charge in [-0.25, -0.2) is 0 Å². The van der Waals surface area contributed by atoms with Crippen molar-refractivity contribution in [3.05, 3.63) is 0 Å². The van der Waals surface area contributed by atoms with Gasteiger partial charge in [0.2, 0.25) is 0 Å². The van der Waals surface area contributed by atoms with E-state index in [1.807, 2.05) is 0 Å². The van der Waals surface area contributed by atoms with E-state index < -0.39 is 5.91 Å². The molecule has 0 spiro atoms. The summed E-state index contributed by atoms with van der Waals surface area (Å²) in [5.41, 5.74) is 0. The average molecular weight is 208 g/mol. The van der Waals surface area contributed by atoms with Gasteiger partial charge >= 0.3 is 0 Å². The van der Waals surface area contributed by atoms with Crippen molar-refractivity contribution in [2.24, 2.45) is 0 Å². The summed E-state index contributed by atoms with van der Waals surface area (Å²) < 4.78 is 0.604. The second-order valence-corrected chi connectivity index (χ2v) is 1.76. The Morgan fingerprint density at radius 2 is 2.20 bits per heavy atom. The Bertz CT molecular complexity index is 101. The normalized spacial score (nSPS) is 8.30. The third-order valence-electron chi connectivity index (χ3n) is 0.553. The quantitative estimate of drug-likeness (QED) is 0.400. The molecule has 0 heterocycles. The van der Waals surface area contributed by atoms with Crippen molar-refractivity contribution in [2.75, 3.05) is 12.5 Å². The molecule has 0 aromatic heterocycles. The van der Waals surface area contributed by atoms with E-state index in [1.54, 1.807) is 6.92 Å². The number of nitrogens with zero attached hydrogens (tertiary/aromatic N) is 1. The summed E-state index contributed by atoms with van der Waals surface area (Å²) in [7, 11) is 0. The predicted molar refractivity (Wildman–Crippen MR) is 42.3 cm³/mol. The van der Waals surface area contributed by atoms with Gasteiger partial charge in [-0.1, -0.05) is 0 Å². The third-order valence-corrected chi connectivity index (χ3v) is 1.07. The average Bonchev–Trinajstić information content (AvgIpc) is 1.87. The number of carbonyl (C=O) groups is 1. The minimum absolute atomic E-state index is 0. The lowest BCUT2D eigenvalue weighted by molar-refractivity contribution is -0.154. The van der Waals surface area contributed by atoms with E-state index in [-0.39, 0.29) is 18.3 Å². The fraction of sp³-hybridized carbons (Fsp3) is 0.750. The second-order valence-electron chi connectivity index (χ2n) is 1.19. The number of hydrogen-bond acceptors (Lipinski definition) is 2. The highest BCUT2D eigenvalue weighted by atomic mass is 35.5. The molecule has 0 N–H and O–H groups in total. The van der Waals surface area contributed by atoms with Gasteiger partial charge in [-0.3, -0.25) is 9.63 Å². The molecular weight excluding hydrogens is 200 g/mol. The highest BCUT2D eigenvalue weighted by Crippen LogP contribution is 1.97. The van der Waals surface area contributed by atoms with Gasteiger partial charge in [0.1, 0.15) is 5.88 Å². The lowest BCUT2D eigenvalue weighted by Crippen LogP contribution is -2.22. The maximum atomic E-state index is 10.4. The second kappa shape index (κ2) is 7.41. The van der Waals surface area contributed by atoms with Crippen LogP contribution in [0.4, 0.5) is 0 Å². The fourth-order valence-corrected chi connectivity index (χ4v) is 0.559. The van der Waals surface area contributed by atoms with Crippen molar-refractivity contribution in [3.63, 3.8) is 0 Å². The van der Waals surface area contributed by atoms with Crippen LogP contribution < -0.4 is 0 Å². The lowest BCUT2D eigenvalue weighted by Gasteiger charge is -2.08. The van der Waals surface area contributed by atoms with Crippen LogP contribution >= 0.6 is 35.8 Å². The monoisotopic (exact) mass is 207 g/mol. The van der Waals surface area contributed by atoms with Gasteiger partial charge in [0.15, 0.2) is 0 Å². The molecule has 0 aliphatic rings. The van der Waals surface area contributed by atoms with Crippen LogP contribution in [0.1, 0.15) is 6.92 Å². The van der Waals surface area contributed by atoms with Crippen molar-refractivity contribution in [1.82, 2.24) is 4.58 Å². The molecule has 0 saturated heterocycles. The van der Waals surface area contributed by atoms with Crippen LogP contribution in [0.2, 0.25) is 0 Å². The number of amides is 1. The third kappa shape index (κ3) is 5.11.